The minimum absolute atomic E-state index is 0.261. The Morgan fingerprint density at radius 3 is 2.68 bits per heavy atom. The summed E-state index contributed by atoms with van der Waals surface area (Å²) in [6, 6.07) is 7.29. The van der Waals surface area contributed by atoms with Crippen LogP contribution in [0, 0.1) is 0 Å². The first kappa shape index (κ1) is 13.8. The van der Waals surface area contributed by atoms with Crippen LogP contribution in [-0.4, -0.2) is 17.6 Å². The molecule has 0 aliphatic rings. The van der Waals surface area contributed by atoms with E-state index in [1.54, 1.807) is 17.5 Å². The highest BCUT2D eigenvalue weighted by Gasteiger charge is 2.03. The number of amides is 2. The number of hydrogen-bond acceptors (Lipinski definition) is 3. The standard InChI is InChI=1S/C13H12BrN3OS/c1-9(14)8-16-13(18)17-11-4-2-10(3-5-11)12-15-6-7-19-12/h2-7H,1,8H2,(H2,16,17,18). The minimum atomic E-state index is -0.261. The fourth-order valence-corrected chi connectivity index (χ4v) is 2.20. The number of nitrogens with one attached hydrogen (secondary N) is 2. The number of aromatic nitrogens is 1. The molecular weight excluding hydrogens is 326 g/mol. The Balaban J connectivity index is 1.95. The van der Waals surface area contributed by atoms with Gasteiger partial charge in [-0.25, -0.2) is 9.78 Å². The second-order valence-electron chi connectivity index (χ2n) is 3.74. The average molecular weight is 338 g/mol. The van der Waals surface area contributed by atoms with E-state index in [4.69, 9.17) is 0 Å². The Morgan fingerprint density at radius 2 is 2.11 bits per heavy atom. The van der Waals surface area contributed by atoms with Gasteiger partial charge >= 0.3 is 6.03 Å². The summed E-state index contributed by atoms with van der Waals surface area (Å²) in [4.78, 5) is 15.8. The summed E-state index contributed by atoms with van der Waals surface area (Å²) in [6.45, 7) is 4.03. The van der Waals surface area contributed by atoms with Gasteiger partial charge in [-0.2, -0.15) is 0 Å². The topological polar surface area (TPSA) is 54.0 Å². The molecule has 0 aliphatic carbocycles. The number of carbonyl (C=O) groups is 1. The zero-order valence-corrected chi connectivity index (χ0v) is 12.4. The quantitative estimate of drug-likeness (QED) is 0.890. The molecule has 2 aromatic rings. The van der Waals surface area contributed by atoms with Crippen LogP contribution < -0.4 is 10.6 Å². The third-order valence-electron chi connectivity index (χ3n) is 2.26. The molecule has 1 aromatic heterocycles. The first-order valence-corrected chi connectivity index (χ1v) is 7.20. The third kappa shape index (κ3) is 4.18. The molecule has 0 unspecified atom stereocenters. The number of nitrogens with zero attached hydrogens (tertiary/aromatic N) is 1. The van der Waals surface area contributed by atoms with E-state index in [0.717, 1.165) is 20.7 Å². The van der Waals surface area contributed by atoms with Crippen molar-refractivity contribution in [3.63, 3.8) is 0 Å². The number of carbonyl (C=O) groups excluding carboxylic acids is 1. The number of hydrogen-bond donors (Lipinski definition) is 2. The van der Waals surface area contributed by atoms with Gasteiger partial charge in [-0.3, -0.25) is 0 Å². The SMILES string of the molecule is C=C(Br)CNC(=O)Nc1ccc(-c2nccs2)cc1. The molecule has 4 nitrogen and oxygen atoms in total. The van der Waals surface area contributed by atoms with Gasteiger partial charge in [-0.1, -0.05) is 22.5 Å². The predicted molar refractivity (Wildman–Crippen MR) is 82.6 cm³/mol. The normalized spacial score (nSPS) is 9.95. The van der Waals surface area contributed by atoms with Crippen molar-refractivity contribution < 1.29 is 4.79 Å². The van der Waals surface area contributed by atoms with Crippen molar-refractivity contribution in [2.45, 2.75) is 0 Å². The Kier molecular flexibility index (Phi) is 4.70. The number of thiazole rings is 1. The number of urea groups is 1. The fraction of sp³-hybridized carbons (Fsp3) is 0.0769. The number of anilines is 1. The predicted octanol–water partition coefficient (Wildman–Crippen LogP) is 3.84. The van der Waals surface area contributed by atoms with Crippen molar-refractivity contribution in [3.05, 3.63) is 46.9 Å². The molecular formula is C13H12BrN3OS. The van der Waals surface area contributed by atoms with Crippen LogP contribution in [0.3, 0.4) is 0 Å². The number of benzene rings is 1. The van der Waals surface area contributed by atoms with E-state index in [1.165, 1.54) is 0 Å². The molecule has 0 saturated carbocycles. The lowest BCUT2D eigenvalue weighted by molar-refractivity contribution is 0.253. The smallest absolute Gasteiger partial charge is 0.319 e. The summed E-state index contributed by atoms with van der Waals surface area (Å²) < 4.78 is 0.724. The van der Waals surface area contributed by atoms with Gasteiger partial charge in [0.2, 0.25) is 0 Å². The molecule has 0 atom stereocenters. The molecule has 0 spiro atoms. The number of rotatable bonds is 4. The van der Waals surface area contributed by atoms with Crippen molar-refractivity contribution in [1.29, 1.82) is 0 Å². The van der Waals surface area contributed by atoms with E-state index < -0.39 is 0 Å². The van der Waals surface area contributed by atoms with Gasteiger partial charge < -0.3 is 10.6 Å². The molecule has 1 aromatic carbocycles. The van der Waals surface area contributed by atoms with Gasteiger partial charge in [0, 0.05) is 27.3 Å². The minimum Gasteiger partial charge on any atom is -0.333 e. The molecule has 0 bridgehead atoms. The van der Waals surface area contributed by atoms with E-state index in [2.05, 4.69) is 38.1 Å². The summed E-state index contributed by atoms with van der Waals surface area (Å²) in [5.41, 5.74) is 1.77. The lowest BCUT2D eigenvalue weighted by Gasteiger charge is -2.07. The van der Waals surface area contributed by atoms with Gasteiger partial charge in [0.25, 0.3) is 0 Å². The van der Waals surface area contributed by atoms with E-state index in [9.17, 15) is 4.79 Å². The summed E-state index contributed by atoms with van der Waals surface area (Å²) in [7, 11) is 0. The monoisotopic (exact) mass is 337 g/mol. The molecule has 98 valence electrons. The van der Waals surface area contributed by atoms with Crippen molar-refractivity contribution in [3.8, 4) is 10.6 Å². The van der Waals surface area contributed by atoms with Crippen LogP contribution in [0.15, 0.2) is 46.9 Å². The largest absolute Gasteiger partial charge is 0.333 e. The molecule has 19 heavy (non-hydrogen) atoms. The Morgan fingerprint density at radius 1 is 1.37 bits per heavy atom. The van der Waals surface area contributed by atoms with Crippen molar-refractivity contribution in [1.82, 2.24) is 10.3 Å². The van der Waals surface area contributed by atoms with Crippen LogP contribution in [0.1, 0.15) is 0 Å². The maximum atomic E-state index is 11.5. The Hall–Kier alpha value is -1.66. The van der Waals surface area contributed by atoms with Crippen molar-refractivity contribution in [2.24, 2.45) is 0 Å². The highest BCUT2D eigenvalue weighted by atomic mass is 79.9. The van der Waals surface area contributed by atoms with Gasteiger partial charge in [-0.15, -0.1) is 11.3 Å². The summed E-state index contributed by atoms with van der Waals surface area (Å²) in [6.07, 6.45) is 1.77. The van der Waals surface area contributed by atoms with Crippen LogP contribution in [0.2, 0.25) is 0 Å². The van der Waals surface area contributed by atoms with E-state index in [-0.39, 0.29) is 6.03 Å². The summed E-state index contributed by atoms with van der Waals surface area (Å²) in [5, 5.41) is 8.30. The van der Waals surface area contributed by atoms with Crippen molar-refractivity contribution >= 4 is 39.0 Å². The van der Waals surface area contributed by atoms with Crippen LogP contribution in [0.25, 0.3) is 10.6 Å². The molecule has 2 N–H and O–H groups in total. The lowest BCUT2D eigenvalue weighted by atomic mass is 10.2. The fourth-order valence-electron chi connectivity index (χ4n) is 1.41. The maximum absolute atomic E-state index is 11.5. The van der Waals surface area contributed by atoms with Gasteiger partial charge in [0.05, 0.1) is 6.54 Å². The highest BCUT2D eigenvalue weighted by Crippen LogP contribution is 2.23. The molecule has 0 radical (unpaired) electrons. The molecule has 2 rings (SSSR count). The van der Waals surface area contributed by atoms with E-state index in [0.29, 0.717) is 6.54 Å². The van der Waals surface area contributed by atoms with E-state index in [1.807, 2.05) is 29.6 Å². The maximum Gasteiger partial charge on any atom is 0.319 e. The summed E-state index contributed by atoms with van der Waals surface area (Å²) >= 11 is 4.76. The molecule has 0 aliphatic heterocycles. The van der Waals surface area contributed by atoms with Crippen LogP contribution in [-0.2, 0) is 0 Å². The highest BCUT2D eigenvalue weighted by molar-refractivity contribution is 9.11. The van der Waals surface area contributed by atoms with Crippen LogP contribution in [0.5, 0.6) is 0 Å². The molecule has 0 fully saturated rings. The van der Waals surface area contributed by atoms with Crippen molar-refractivity contribution in [2.75, 3.05) is 11.9 Å². The zero-order valence-electron chi connectivity index (χ0n) is 10.0. The molecule has 6 heteroatoms. The first-order chi connectivity index (χ1) is 9.15. The lowest BCUT2D eigenvalue weighted by Crippen LogP contribution is -2.29. The molecule has 1 heterocycles. The first-order valence-electron chi connectivity index (χ1n) is 5.53. The second kappa shape index (κ2) is 6.49. The van der Waals surface area contributed by atoms with Gasteiger partial charge in [0.1, 0.15) is 5.01 Å². The third-order valence-corrected chi connectivity index (χ3v) is 3.37. The Bertz CT molecular complexity index is 566. The average Bonchev–Trinajstić information content (AvgIpc) is 2.91. The number of halogens is 1. The van der Waals surface area contributed by atoms with Crippen LogP contribution in [0.4, 0.5) is 10.5 Å². The summed E-state index contributed by atoms with van der Waals surface area (Å²) in [5.74, 6) is 0. The molecule has 2 amide bonds. The second-order valence-corrected chi connectivity index (χ2v) is 5.76. The molecule has 0 saturated heterocycles. The van der Waals surface area contributed by atoms with Gasteiger partial charge in [0.15, 0.2) is 0 Å². The Labute approximate surface area is 123 Å². The van der Waals surface area contributed by atoms with Gasteiger partial charge in [-0.05, 0) is 24.3 Å². The van der Waals surface area contributed by atoms with Crippen LogP contribution >= 0.6 is 27.3 Å². The van der Waals surface area contributed by atoms with E-state index >= 15 is 0 Å². The zero-order chi connectivity index (χ0) is 13.7.